The molecule has 2 rings (SSSR count). The van der Waals surface area contributed by atoms with Gasteiger partial charge in [0.25, 0.3) is 0 Å². The minimum Gasteiger partial charge on any atom is -0.371 e. The monoisotopic (exact) mass is 302 g/mol. The molecule has 14 heavy (non-hydrogen) atoms. The highest BCUT2D eigenvalue weighted by atomic mass is 127. The molecule has 0 radical (unpaired) electrons. The van der Waals surface area contributed by atoms with Gasteiger partial charge in [-0.15, -0.1) is 0 Å². The summed E-state index contributed by atoms with van der Waals surface area (Å²) in [5.41, 5.74) is 1.28. The minimum atomic E-state index is -0.0422. The van der Waals surface area contributed by atoms with Crippen LogP contribution in [0.1, 0.15) is 31.7 Å². The molecule has 1 fully saturated rings. The van der Waals surface area contributed by atoms with Gasteiger partial charge in [-0.25, -0.2) is 0 Å². The van der Waals surface area contributed by atoms with E-state index in [1.54, 1.807) is 0 Å². The van der Waals surface area contributed by atoms with Crippen LogP contribution < -0.4 is 0 Å². The van der Waals surface area contributed by atoms with E-state index in [4.69, 9.17) is 4.74 Å². The van der Waals surface area contributed by atoms with E-state index in [-0.39, 0.29) is 5.60 Å². The molecule has 1 unspecified atom stereocenters. The van der Waals surface area contributed by atoms with Crippen molar-refractivity contribution in [3.8, 4) is 0 Å². The zero-order valence-corrected chi connectivity index (χ0v) is 10.6. The standard InChI is InChI=1S/C12H15IO/c1-12(7-2-3-8-14-12)10-5-4-6-11(13)9-10/h4-6,9H,2-3,7-8H2,1H3. The molecular weight excluding hydrogens is 287 g/mol. The van der Waals surface area contributed by atoms with Crippen LogP contribution in [0.15, 0.2) is 24.3 Å². The van der Waals surface area contributed by atoms with Gasteiger partial charge in [0.15, 0.2) is 0 Å². The molecular formula is C12H15IO. The molecule has 1 aromatic rings. The van der Waals surface area contributed by atoms with Gasteiger partial charge in [0.05, 0.1) is 5.60 Å². The van der Waals surface area contributed by atoms with Gasteiger partial charge in [0, 0.05) is 10.2 Å². The molecule has 76 valence electrons. The molecule has 0 N–H and O–H groups in total. The quantitative estimate of drug-likeness (QED) is 0.719. The van der Waals surface area contributed by atoms with E-state index in [0.29, 0.717) is 0 Å². The summed E-state index contributed by atoms with van der Waals surface area (Å²) in [4.78, 5) is 0. The van der Waals surface area contributed by atoms with Crippen LogP contribution in [0.2, 0.25) is 0 Å². The maximum atomic E-state index is 5.90. The maximum Gasteiger partial charge on any atom is 0.0903 e. The Labute approximate surface area is 99.0 Å². The van der Waals surface area contributed by atoms with Crippen LogP contribution in [-0.4, -0.2) is 6.61 Å². The molecule has 1 saturated heterocycles. The summed E-state index contributed by atoms with van der Waals surface area (Å²) in [5, 5.41) is 0. The fourth-order valence-electron chi connectivity index (χ4n) is 1.98. The highest BCUT2D eigenvalue weighted by Crippen LogP contribution is 2.34. The SMILES string of the molecule is CC1(c2cccc(I)c2)CCCCO1. The molecule has 2 heteroatoms. The molecule has 1 aliphatic rings. The van der Waals surface area contributed by atoms with E-state index in [2.05, 4.69) is 53.8 Å². The summed E-state index contributed by atoms with van der Waals surface area (Å²) in [5.74, 6) is 0. The number of rotatable bonds is 1. The van der Waals surface area contributed by atoms with Crippen molar-refractivity contribution < 1.29 is 4.74 Å². The lowest BCUT2D eigenvalue weighted by Crippen LogP contribution is -2.30. The number of benzene rings is 1. The van der Waals surface area contributed by atoms with Crippen molar-refractivity contribution in [1.29, 1.82) is 0 Å². The highest BCUT2D eigenvalue weighted by molar-refractivity contribution is 14.1. The first-order valence-electron chi connectivity index (χ1n) is 5.11. The van der Waals surface area contributed by atoms with Gasteiger partial charge in [-0.2, -0.15) is 0 Å². The largest absolute Gasteiger partial charge is 0.371 e. The van der Waals surface area contributed by atoms with Gasteiger partial charge in [-0.05, 0) is 66.5 Å². The van der Waals surface area contributed by atoms with Crippen molar-refractivity contribution in [2.75, 3.05) is 6.61 Å². The Balaban J connectivity index is 2.28. The van der Waals surface area contributed by atoms with Crippen LogP contribution in [0.25, 0.3) is 0 Å². The number of hydrogen-bond donors (Lipinski definition) is 0. The lowest BCUT2D eigenvalue weighted by Gasteiger charge is -2.34. The Morgan fingerprint density at radius 2 is 2.21 bits per heavy atom. The normalized spacial score (nSPS) is 27.6. The Bertz CT molecular complexity index is 316. The molecule has 0 aromatic heterocycles. The van der Waals surface area contributed by atoms with Crippen LogP contribution in [0.4, 0.5) is 0 Å². The van der Waals surface area contributed by atoms with Gasteiger partial charge >= 0.3 is 0 Å². The van der Waals surface area contributed by atoms with Crippen molar-refractivity contribution in [3.05, 3.63) is 33.4 Å². The molecule has 1 nitrogen and oxygen atoms in total. The third kappa shape index (κ3) is 2.11. The number of halogens is 1. The Kier molecular flexibility index (Phi) is 3.12. The first-order valence-corrected chi connectivity index (χ1v) is 6.19. The lowest BCUT2D eigenvalue weighted by molar-refractivity contribution is -0.0701. The van der Waals surface area contributed by atoms with Crippen molar-refractivity contribution in [2.45, 2.75) is 31.8 Å². The predicted molar refractivity (Wildman–Crippen MR) is 66.3 cm³/mol. The van der Waals surface area contributed by atoms with Crippen LogP contribution in [0.3, 0.4) is 0 Å². The molecule has 1 aromatic carbocycles. The topological polar surface area (TPSA) is 9.23 Å². The molecule has 1 atom stereocenters. The summed E-state index contributed by atoms with van der Waals surface area (Å²) in [6.07, 6.45) is 3.63. The molecule has 0 aliphatic carbocycles. The summed E-state index contributed by atoms with van der Waals surface area (Å²) in [6, 6.07) is 8.63. The zero-order valence-electron chi connectivity index (χ0n) is 8.42. The van der Waals surface area contributed by atoms with Crippen LogP contribution in [0.5, 0.6) is 0 Å². The maximum absolute atomic E-state index is 5.90. The van der Waals surface area contributed by atoms with E-state index < -0.39 is 0 Å². The fourth-order valence-corrected chi connectivity index (χ4v) is 2.52. The first-order chi connectivity index (χ1) is 6.71. The molecule has 1 aliphatic heterocycles. The molecule has 1 heterocycles. The van der Waals surface area contributed by atoms with Crippen LogP contribution in [0, 0.1) is 3.57 Å². The van der Waals surface area contributed by atoms with E-state index >= 15 is 0 Å². The second-order valence-corrected chi connectivity index (χ2v) is 5.29. The summed E-state index contributed by atoms with van der Waals surface area (Å²) >= 11 is 2.35. The second kappa shape index (κ2) is 4.19. The van der Waals surface area contributed by atoms with E-state index in [1.165, 1.54) is 22.0 Å². The van der Waals surface area contributed by atoms with E-state index in [1.807, 2.05) is 0 Å². The first kappa shape index (κ1) is 10.4. The minimum absolute atomic E-state index is 0.0422. The number of ether oxygens (including phenoxy) is 1. The highest BCUT2D eigenvalue weighted by Gasteiger charge is 2.29. The van der Waals surface area contributed by atoms with Crippen LogP contribution >= 0.6 is 22.6 Å². The average molecular weight is 302 g/mol. The van der Waals surface area contributed by atoms with Crippen molar-refractivity contribution in [1.82, 2.24) is 0 Å². The Morgan fingerprint density at radius 1 is 1.36 bits per heavy atom. The summed E-state index contributed by atoms with van der Waals surface area (Å²) < 4.78 is 7.19. The van der Waals surface area contributed by atoms with Crippen molar-refractivity contribution in [3.63, 3.8) is 0 Å². The molecule has 0 amide bonds. The van der Waals surface area contributed by atoms with Gasteiger partial charge < -0.3 is 4.74 Å². The third-order valence-corrected chi connectivity index (χ3v) is 3.58. The van der Waals surface area contributed by atoms with E-state index in [0.717, 1.165) is 13.0 Å². The van der Waals surface area contributed by atoms with Crippen molar-refractivity contribution in [2.24, 2.45) is 0 Å². The van der Waals surface area contributed by atoms with Gasteiger partial charge in [0.2, 0.25) is 0 Å². The predicted octanol–water partition coefficient (Wildman–Crippen LogP) is 3.71. The summed E-state index contributed by atoms with van der Waals surface area (Å²) in [6.45, 7) is 3.11. The zero-order chi connectivity index (χ0) is 10.0. The molecule has 0 bridgehead atoms. The van der Waals surface area contributed by atoms with Gasteiger partial charge in [-0.3, -0.25) is 0 Å². The van der Waals surface area contributed by atoms with Crippen LogP contribution in [-0.2, 0) is 10.3 Å². The Morgan fingerprint density at radius 3 is 2.86 bits per heavy atom. The average Bonchev–Trinajstić information content (AvgIpc) is 2.19. The Hall–Kier alpha value is -0.0900. The lowest BCUT2D eigenvalue weighted by atomic mass is 9.88. The summed E-state index contributed by atoms with van der Waals surface area (Å²) in [7, 11) is 0. The van der Waals surface area contributed by atoms with Gasteiger partial charge in [0.1, 0.15) is 0 Å². The number of hydrogen-bond acceptors (Lipinski definition) is 1. The fraction of sp³-hybridized carbons (Fsp3) is 0.500. The van der Waals surface area contributed by atoms with Gasteiger partial charge in [-0.1, -0.05) is 12.1 Å². The third-order valence-electron chi connectivity index (χ3n) is 2.90. The van der Waals surface area contributed by atoms with Crippen molar-refractivity contribution >= 4 is 22.6 Å². The van der Waals surface area contributed by atoms with E-state index in [9.17, 15) is 0 Å². The second-order valence-electron chi connectivity index (χ2n) is 4.05. The molecule has 0 spiro atoms. The molecule has 0 saturated carbocycles. The smallest absolute Gasteiger partial charge is 0.0903 e.